The number of pyridine rings is 1. The van der Waals surface area contributed by atoms with Gasteiger partial charge in [-0.15, -0.1) is 0 Å². The Kier molecular flexibility index (Phi) is 4.52. The van der Waals surface area contributed by atoms with Crippen LogP contribution in [-0.2, 0) is 17.7 Å². The molecule has 4 heterocycles. The zero-order chi connectivity index (χ0) is 22.9. The molecule has 0 amide bonds. The van der Waals surface area contributed by atoms with Gasteiger partial charge in [0.15, 0.2) is 0 Å². The second kappa shape index (κ2) is 7.24. The summed E-state index contributed by atoms with van der Waals surface area (Å²) in [4.78, 5) is 24.3. The molecule has 2 aliphatic heterocycles. The van der Waals surface area contributed by atoms with Crippen molar-refractivity contribution in [2.45, 2.75) is 37.8 Å². The first kappa shape index (κ1) is 20.6. The maximum Gasteiger partial charge on any atom is 0.261 e. The van der Waals surface area contributed by atoms with Gasteiger partial charge in [-0.25, -0.2) is 27.5 Å². The lowest BCUT2D eigenvalue weighted by molar-refractivity contribution is -0.0103. The summed E-state index contributed by atoms with van der Waals surface area (Å²) >= 11 is 0. The van der Waals surface area contributed by atoms with Crippen LogP contribution in [0, 0.1) is 17.6 Å². The van der Waals surface area contributed by atoms with Gasteiger partial charge in [0.1, 0.15) is 34.5 Å². The number of aromatic nitrogens is 3. The maximum atomic E-state index is 14.8. The number of ether oxygens (including phenoxy) is 1. The Balaban J connectivity index is 1.51. The zero-order valence-corrected chi connectivity index (χ0v) is 17.5. The van der Waals surface area contributed by atoms with Gasteiger partial charge in [0.25, 0.3) is 11.5 Å². The average molecular weight is 460 g/mol. The number of hydrogen-bond acceptors (Lipinski definition) is 5. The predicted octanol–water partition coefficient (Wildman–Crippen LogP) is 3.54. The van der Waals surface area contributed by atoms with E-state index in [0.29, 0.717) is 31.2 Å². The average Bonchev–Trinajstić information content (AvgIpc) is 3.18. The second-order valence-corrected chi connectivity index (χ2v) is 8.86. The Morgan fingerprint density at radius 1 is 1.12 bits per heavy atom. The van der Waals surface area contributed by atoms with E-state index in [1.54, 1.807) is 15.5 Å². The molecule has 1 aliphatic carbocycles. The number of rotatable bonds is 3. The molecule has 0 spiro atoms. The van der Waals surface area contributed by atoms with Gasteiger partial charge in [0, 0.05) is 44.1 Å². The standard InChI is InChI=1S/C23H20F4N4O2/c24-12-3-4-13(16(25)8-12)20-21-14(22(32)31-5-1-2-18(31)28-21)9-19(29-20)30-6-7-33-17(11-30)15-10-23(15,26)27/h3-4,8-9,15,17H,1-2,5-7,10-11H2. The van der Waals surface area contributed by atoms with Crippen molar-refractivity contribution >= 4 is 16.7 Å². The molecule has 2 fully saturated rings. The van der Waals surface area contributed by atoms with E-state index in [1.165, 1.54) is 6.07 Å². The lowest BCUT2D eigenvalue weighted by Gasteiger charge is -2.34. The van der Waals surface area contributed by atoms with Crippen molar-refractivity contribution in [2.75, 3.05) is 24.6 Å². The summed E-state index contributed by atoms with van der Waals surface area (Å²) in [6.07, 6.45) is 0.537. The highest BCUT2D eigenvalue weighted by atomic mass is 19.3. The fourth-order valence-corrected chi connectivity index (χ4v) is 4.87. The first-order valence-electron chi connectivity index (χ1n) is 11.0. The largest absolute Gasteiger partial charge is 0.374 e. The summed E-state index contributed by atoms with van der Waals surface area (Å²) in [6, 6.07) is 4.75. The van der Waals surface area contributed by atoms with Crippen LogP contribution in [-0.4, -0.2) is 46.3 Å². The third-order valence-corrected chi connectivity index (χ3v) is 6.72. The van der Waals surface area contributed by atoms with E-state index >= 15 is 0 Å². The predicted molar refractivity (Wildman–Crippen MR) is 112 cm³/mol. The third-order valence-electron chi connectivity index (χ3n) is 6.72. The van der Waals surface area contributed by atoms with Crippen LogP contribution in [0.4, 0.5) is 23.4 Å². The van der Waals surface area contributed by atoms with Crippen LogP contribution >= 0.6 is 0 Å². The molecule has 2 unspecified atom stereocenters. The van der Waals surface area contributed by atoms with Gasteiger partial charge in [-0.1, -0.05) is 0 Å². The summed E-state index contributed by atoms with van der Waals surface area (Å²) < 4.78 is 62.8. The highest BCUT2D eigenvalue weighted by Gasteiger charge is 2.61. The molecule has 2 atom stereocenters. The molecule has 0 radical (unpaired) electrons. The minimum absolute atomic E-state index is 0.0247. The molecule has 3 aromatic rings. The van der Waals surface area contributed by atoms with E-state index in [0.717, 1.165) is 18.6 Å². The Morgan fingerprint density at radius 3 is 2.70 bits per heavy atom. The van der Waals surface area contributed by atoms with E-state index in [4.69, 9.17) is 4.74 Å². The Hall–Kier alpha value is -3.01. The number of aryl methyl sites for hydroxylation is 1. The molecule has 1 saturated heterocycles. The zero-order valence-electron chi connectivity index (χ0n) is 17.5. The molecule has 172 valence electrons. The van der Waals surface area contributed by atoms with Crippen molar-refractivity contribution in [2.24, 2.45) is 5.92 Å². The van der Waals surface area contributed by atoms with Crippen molar-refractivity contribution in [3.8, 4) is 11.3 Å². The van der Waals surface area contributed by atoms with Gasteiger partial charge in [0.2, 0.25) is 0 Å². The number of benzene rings is 1. The fraction of sp³-hybridized carbons (Fsp3) is 0.435. The summed E-state index contributed by atoms with van der Waals surface area (Å²) in [5.41, 5.74) is 0.156. The Labute approximate surface area is 185 Å². The van der Waals surface area contributed by atoms with Crippen molar-refractivity contribution < 1.29 is 22.3 Å². The van der Waals surface area contributed by atoms with Crippen LogP contribution in [0.25, 0.3) is 22.2 Å². The van der Waals surface area contributed by atoms with Gasteiger partial charge < -0.3 is 9.64 Å². The van der Waals surface area contributed by atoms with Crippen molar-refractivity contribution in [1.82, 2.24) is 14.5 Å². The van der Waals surface area contributed by atoms with E-state index in [2.05, 4.69) is 9.97 Å². The topological polar surface area (TPSA) is 60.3 Å². The van der Waals surface area contributed by atoms with E-state index < -0.39 is 29.6 Å². The van der Waals surface area contributed by atoms with Crippen LogP contribution in [0.3, 0.4) is 0 Å². The number of anilines is 1. The molecule has 2 aromatic heterocycles. The monoisotopic (exact) mass is 460 g/mol. The number of hydrogen-bond donors (Lipinski definition) is 0. The molecule has 1 saturated carbocycles. The molecule has 33 heavy (non-hydrogen) atoms. The van der Waals surface area contributed by atoms with Crippen LogP contribution in [0.1, 0.15) is 18.7 Å². The summed E-state index contributed by atoms with van der Waals surface area (Å²) in [7, 11) is 0. The van der Waals surface area contributed by atoms with Crippen molar-refractivity contribution in [3.63, 3.8) is 0 Å². The highest BCUT2D eigenvalue weighted by Crippen LogP contribution is 2.52. The smallest absolute Gasteiger partial charge is 0.261 e. The molecule has 3 aliphatic rings. The highest BCUT2D eigenvalue weighted by molar-refractivity contribution is 5.93. The first-order valence-corrected chi connectivity index (χ1v) is 11.0. The quantitative estimate of drug-likeness (QED) is 0.560. The van der Waals surface area contributed by atoms with Gasteiger partial charge in [-0.2, -0.15) is 0 Å². The van der Waals surface area contributed by atoms with Gasteiger partial charge in [0.05, 0.1) is 24.0 Å². The summed E-state index contributed by atoms with van der Waals surface area (Å²) in [5, 5.41) is 0.268. The number of fused-ring (bicyclic) bond motifs is 2. The number of alkyl halides is 2. The summed E-state index contributed by atoms with van der Waals surface area (Å²) in [5.74, 6) is -4.15. The SMILES string of the molecule is O=c1c2cc(N3CCOC(C4CC4(F)F)C3)nc(-c3ccc(F)cc3F)c2nc2n1CCC2. The summed E-state index contributed by atoms with van der Waals surface area (Å²) in [6.45, 7) is 1.35. The maximum absolute atomic E-state index is 14.8. The molecule has 6 nitrogen and oxygen atoms in total. The lowest BCUT2D eigenvalue weighted by atomic mass is 10.1. The Morgan fingerprint density at radius 2 is 1.94 bits per heavy atom. The molecule has 0 bridgehead atoms. The van der Waals surface area contributed by atoms with Crippen LogP contribution in [0.2, 0.25) is 0 Å². The molecule has 10 heteroatoms. The molecule has 0 N–H and O–H groups in total. The van der Waals surface area contributed by atoms with Gasteiger partial charge >= 0.3 is 0 Å². The molecular weight excluding hydrogens is 440 g/mol. The van der Waals surface area contributed by atoms with Crippen LogP contribution in [0.5, 0.6) is 0 Å². The molecule has 1 aromatic carbocycles. The van der Waals surface area contributed by atoms with E-state index in [1.807, 2.05) is 0 Å². The minimum Gasteiger partial charge on any atom is -0.374 e. The van der Waals surface area contributed by atoms with E-state index in [-0.39, 0.29) is 47.3 Å². The second-order valence-electron chi connectivity index (χ2n) is 8.86. The lowest BCUT2D eigenvalue weighted by Crippen LogP contribution is -2.44. The van der Waals surface area contributed by atoms with Crippen LogP contribution < -0.4 is 10.5 Å². The van der Waals surface area contributed by atoms with Gasteiger partial charge in [-0.3, -0.25) is 9.36 Å². The van der Waals surface area contributed by atoms with Crippen LogP contribution in [0.15, 0.2) is 29.1 Å². The van der Waals surface area contributed by atoms with Crippen molar-refractivity contribution in [1.29, 1.82) is 0 Å². The van der Waals surface area contributed by atoms with Gasteiger partial charge in [-0.05, 0) is 24.6 Å². The molecular formula is C23H20F4N4O2. The first-order chi connectivity index (χ1) is 15.8. The van der Waals surface area contributed by atoms with Crippen molar-refractivity contribution in [3.05, 3.63) is 52.1 Å². The van der Waals surface area contributed by atoms with E-state index in [9.17, 15) is 22.4 Å². The minimum atomic E-state index is -2.73. The number of halogens is 4. The number of morpholine rings is 1. The fourth-order valence-electron chi connectivity index (χ4n) is 4.87. The Bertz CT molecular complexity index is 1340. The molecule has 6 rings (SSSR count). The third kappa shape index (κ3) is 3.38. The number of nitrogens with zero attached hydrogens (tertiary/aromatic N) is 4. The normalized spacial score (nSPS) is 23.7.